The average Bonchev–Trinajstić information content (AvgIpc) is 2.02. The van der Waals surface area contributed by atoms with Crippen molar-refractivity contribution in [2.24, 2.45) is 0 Å². The summed E-state index contributed by atoms with van der Waals surface area (Å²) in [5, 5.41) is 13.3. The highest BCUT2D eigenvalue weighted by Gasteiger charge is 2.15. The Labute approximate surface area is 84.2 Å². The first kappa shape index (κ1) is 9.98. The van der Waals surface area contributed by atoms with Crippen LogP contribution in [0.25, 0.3) is 0 Å². The number of nitro benzene ring substituents is 1. The number of nitro groups is 1. The summed E-state index contributed by atoms with van der Waals surface area (Å²) in [5.74, 6) is 0. The van der Waals surface area contributed by atoms with Crippen molar-refractivity contribution in [3.8, 4) is 0 Å². The van der Waals surface area contributed by atoms with Gasteiger partial charge in [-0.2, -0.15) is 0 Å². The van der Waals surface area contributed by atoms with Gasteiger partial charge in [-0.05, 0) is 18.6 Å². The van der Waals surface area contributed by atoms with Crippen molar-refractivity contribution in [1.29, 1.82) is 0 Å². The molecule has 5 heteroatoms. The number of halogens is 1. The molecule has 0 atom stereocenters. The highest BCUT2D eigenvalue weighted by molar-refractivity contribution is 9.10. The molecule has 1 N–H and O–H groups in total. The van der Waals surface area contributed by atoms with Crippen molar-refractivity contribution in [1.82, 2.24) is 0 Å². The Morgan fingerprint density at radius 1 is 1.62 bits per heavy atom. The van der Waals surface area contributed by atoms with Crippen LogP contribution in [0.15, 0.2) is 16.6 Å². The fourth-order valence-corrected chi connectivity index (χ4v) is 1.57. The minimum absolute atomic E-state index is 0.0295. The van der Waals surface area contributed by atoms with Gasteiger partial charge in [0.25, 0.3) is 5.69 Å². The van der Waals surface area contributed by atoms with E-state index in [0.29, 0.717) is 15.7 Å². The first-order valence-corrected chi connectivity index (χ1v) is 4.33. The maximum Gasteiger partial charge on any atom is 0.293 e. The molecule has 0 heterocycles. The number of hydrogen-bond donors (Lipinski definition) is 1. The first-order valence-electron chi connectivity index (χ1n) is 3.54. The summed E-state index contributed by atoms with van der Waals surface area (Å²) in [5.41, 5.74) is 1.08. The van der Waals surface area contributed by atoms with Crippen molar-refractivity contribution in [2.75, 3.05) is 12.4 Å². The smallest absolute Gasteiger partial charge is 0.293 e. The monoisotopic (exact) mass is 243 g/mol. The molecule has 0 spiro atoms. The summed E-state index contributed by atoms with van der Waals surface area (Å²) in [7, 11) is 1.63. The highest BCUT2D eigenvalue weighted by atomic mass is 79.9. The van der Waals surface area contributed by atoms with Crippen LogP contribution in [0.2, 0.25) is 0 Å². The van der Waals surface area contributed by atoms with Crippen LogP contribution < -0.4 is 5.32 Å². The number of hydrogen-bond acceptors (Lipinski definition) is 3. The van der Waals surface area contributed by atoms with Crippen LogP contribution in [0.1, 0.15) is 5.56 Å². The van der Waals surface area contributed by atoms with E-state index in [1.54, 1.807) is 13.1 Å². The topological polar surface area (TPSA) is 55.2 Å². The van der Waals surface area contributed by atoms with Crippen LogP contribution in [0, 0.1) is 17.0 Å². The number of anilines is 1. The standard InChI is InChI=1S/C8H8BrN2O2/c1-5-3-6(9)4-7(11(12)13)8(5)10-2/h3-4,10H,1H2,2H3. The largest absolute Gasteiger partial charge is 0.382 e. The Morgan fingerprint density at radius 3 is 2.69 bits per heavy atom. The van der Waals surface area contributed by atoms with Gasteiger partial charge in [0.1, 0.15) is 5.69 Å². The summed E-state index contributed by atoms with van der Waals surface area (Å²) in [6.45, 7) is 3.70. The van der Waals surface area contributed by atoms with Crippen LogP contribution in [0.3, 0.4) is 0 Å². The molecule has 0 bridgehead atoms. The molecule has 0 fully saturated rings. The van der Waals surface area contributed by atoms with E-state index in [0.717, 1.165) is 0 Å². The molecule has 0 aromatic heterocycles. The lowest BCUT2D eigenvalue weighted by molar-refractivity contribution is -0.384. The van der Waals surface area contributed by atoms with E-state index < -0.39 is 4.92 Å². The maximum absolute atomic E-state index is 10.6. The lowest BCUT2D eigenvalue weighted by atomic mass is 10.2. The van der Waals surface area contributed by atoms with Crippen molar-refractivity contribution in [3.63, 3.8) is 0 Å². The molecule has 1 radical (unpaired) electrons. The predicted molar refractivity (Wildman–Crippen MR) is 54.8 cm³/mol. The molecular weight excluding hydrogens is 236 g/mol. The lowest BCUT2D eigenvalue weighted by Crippen LogP contribution is -1.98. The van der Waals surface area contributed by atoms with E-state index in [-0.39, 0.29) is 5.69 Å². The highest BCUT2D eigenvalue weighted by Crippen LogP contribution is 2.31. The molecule has 1 aromatic carbocycles. The summed E-state index contributed by atoms with van der Waals surface area (Å²) in [6, 6.07) is 3.17. The SMILES string of the molecule is [CH2]c1cc(Br)cc([N+](=O)[O-])c1NC. The zero-order valence-corrected chi connectivity index (χ0v) is 8.59. The molecule has 0 aliphatic rings. The zero-order chi connectivity index (χ0) is 10.0. The van der Waals surface area contributed by atoms with Gasteiger partial charge < -0.3 is 5.32 Å². The number of nitrogens with zero attached hydrogens (tertiary/aromatic N) is 1. The van der Waals surface area contributed by atoms with Gasteiger partial charge in [0.15, 0.2) is 0 Å². The van der Waals surface area contributed by atoms with Crippen molar-refractivity contribution >= 4 is 27.3 Å². The van der Waals surface area contributed by atoms with E-state index in [9.17, 15) is 10.1 Å². The average molecular weight is 244 g/mol. The molecule has 0 unspecified atom stereocenters. The quantitative estimate of drug-likeness (QED) is 0.642. The third-order valence-electron chi connectivity index (χ3n) is 1.61. The Balaban J connectivity index is 3.38. The Bertz CT molecular complexity index is 352. The molecule has 1 rings (SSSR count). The van der Waals surface area contributed by atoms with Gasteiger partial charge in [0.2, 0.25) is 0 Å². The minimum Gasteiger partial charge on any atom is -0.382 e. The summed E-state index contributed by atoms with van der Waals surface area (Å²) in [4.78, 5) is 10.2. The van der Waals surface area contributed by atoms with Crippen LogP contribution >= 0.6 is 15.9 Å². The summed E-state index contributed by atoms with van der Waals surface area (Å²) in [6.07, 6.45) is 0. The number of nitrogens with one attached hydrogen (secondary N) is 1. The Hall–Kier alpha value is -1.10. The van der Waals surface area contributed by atoms with E-state index >= 15 is 0 Å². The van der Waals surface area contributed by atoms with Gasteiger partial charge in [0.05, 0.1) is 4.92 Å². The van der Waals surface area contributed by atoms with Gasteiger partial charge in [-0.3, -0.25) is 10.1 Å². The van der Waals surface area contributed by atoms with Crippen LogP contribution in [0.5, 0.6) is 0 Å². The number of benzene rings is 1. The fraction of sp³-hybridized carbons (Fsp3) is 0.125. The normalized spacial score (nSPS) is 9.77. The first-order chi connectivity index (χ1) is 6.06. The molecule has 0 saturated carbocycles. The zero-order valence-electron chi connectivity index (χ0n) is 7.00. The summed E-state index contributed by atoms with van der Waals surface area (Å²) < 4.78 is 0.656. The lowest BCUT2D eigenvalue weighted by Gasteiger charge is -2.05. The van der Waals surface area contributed by atoms with Crippen molar-refractivity contribution < 1.29 is 4.92 Å². The molecule has 4 nitrogen and oxygen atoms in total. The second kappa shape index (κ2) is 3.74. The second-order valence-corrected chi connectivity index (χ2v) is 3.38. The Kier molecular flexibility index (Phi) is 2.87. The van der Waals surface area contributed by atoms with Gasteiger partial charge in [-0.25, -0.2) is 0 Å². The summed E-state index contributed by atoms with van der Waals surface area (Å²) >= 11 is 3.17. The molecule has 13 heavy (non-hydrogen) atoms. The molecule has 0 amide bonds. The van der Waals surface area contributed by atoms with Crippen molar-refractivity contribution in [3.05, 3.63) is 39.2 Å². The third kappa shape index (κ3) is 1.98. The number of rotatable bonds is 2. The maximum atomic E-state index is 10.6. The molecular formula is C8H8BrN2O2. The molecule has 0 saturated heterocycles. The molecule has 0 aliphatic carbocycles. The van der Waals surface area contributed by atoms with Gasteiger partial charge >= 0.3 is 0 Å². The van der Waals surface area contributed by atoms with Gasteiger partial charge in [0, 0.05) is 17.6 Å². The van der Waals surface area contributed by atoms with Crippen LogP contribution in [-0.2, 0) is 0 Å². The molecule has 0 aliphatic heterocycles. The molecule has 69 valence electrons. The van der Waals surface area contributed by atoms with Crippen LogP contribution in [-0.4, -0.2) is 12.0 Å². The van der Waals surface area contributed by atoms with Gasteiger partial charge in [-0.15, -0.1) is 0 Å². The second-order valence-electron chi connectivity index (χ2n) is 2.47. The van der Waals surface area contributed by atoms with E-state index in [4.69, 9.17) is 0 Å². The van der Waals surface area contributed by atoms with E-state index in [2.05, 4.69) is 28.2 Å². The Morgan fingerprint density at radius 2 is 2.23 bits per heavy atom. The third-order valence-corrected chi connectivity index (χ3v) is 2.07. The molecule has 1 aromatic rings. The van der Waals surface area contributed by atoms with Crippen LogP contribution in [0.4, 0.5) is 11.4 Å². The van der Waals surface area contributed by atoms with Gasteiger partial charge in [-0.1, -0.05) is 15.9 Å². The van der Waals surface area contributed by atoms with E-state index in [1.807, 2.05) is 0 Å². The predicted octanol–water partition coefficient (Wildman–Crippen LogP) is 2.58. The van der Waals surface area contributed by atoms with E-state index in [1.165, 1.54) is 6.07 Å². The van der Waals surface area contributed by atoms with Crippen molar-refractivity contribution in [2.45, 2.75) is 0 Å². The fourth-order valence-electron chi connectivity index (χ4n) is 1.08. The minimum atomic E-state index is -0.439.